The molecule has 0 aliphatic carbocycles. The molecule has 1 unspecified atom stereocenters. The summed E-state index contributed by atoms with van der Waals surface area (Å²) in [5.41, 5.74) is -0.915. The molecule has 5 aliphatic rings. The van der Waals surface area contributed by atoms with Crippen LogP contribution in [0.2, 0.25) is 5.02 Å². The average molecular weight is 574 g/mol. The first-order chi connectivity index (χ1) is 18.6. The van der Waals surface area contributed by atoms with Crippen molar-refractivity contribution in [3.05, 3.63) is 29.3 Å². The van der Waals surface area contributed by atoms with Crippen LogP contribution in [0.25, 0.3) is 10.9 Å². The number of carbonyl (C=O) groups excluding carboxylic acids is 2. The monoisotopic (exact) mass is 573 g/mol. The Morgan fingerprint density at radius 3 is 2.59 bits per heavy atom. The van der Waals surface area contributed by atoms with E-state index in [0.29, 0.717) is 35.3 Å². The summed E-state index contributed by atoms with van der Waals surface area (Å²) in [7, 11) is -2.32. The first kappa shape index (κ1) is 25.2. The number of benzene rings is 1. The summed E-state index contributed by atoms with van der Waals surface area (Å²) >= 11 is 6.11. The molecule has 6 heterocycles. The molecule has 4 saturated heterocycles. The van der Waals surface area contributed by atoms with Crippen LogP contribution < -0.4 is 0 Å². The Kier molecular flexibility index (Phi) is 5.54. The van der Waals surface area contributed by atoms with E-state index in [1.54, 1.807) is 41.1 Å². The molecule has 208 valence electrons. The second kappa shape index (κ2) is 8.58. The number of carbonyl (C=O) groups is 2. The van der Waals surface area contributed by atoms with E-state index in [9.17, 15) is 18.0 Å². The predicted molar refractivity (Wildman–Crippen MR) is 146 cm³/mol. The molecule has 2 spiro atoms. The fourth-order valence-electron chi connectivity index (χ4n) is 7.36. The maximum atomic E-state index is 13.9. The number of rotatable bonds is 2. The number of hydrogen-bond donors (Lipinski definition) is 1. The number of hydrogen-bond acceptors (Lipinski definition) is 6. The Bertz CT molecular complexity index is 1520. The van der Waals surface area contributed by atoms with Crippen molar-refractivity contribution >= 4 is 50.3 Å². The summed E-state index contributed by atoms with van der Waals surface area (Å²) in [5.74, 6) is 0.882. The minimum atomic E-state index is -4.05. The van der Waals surface area contributed by atoms with Gasteiger partial charge in [0.15, 0.2) is 5.66 Å². The molecule has 1 aromatic heterocycles. The number of nitrogens with one attached hydrogen (secondary N) is 1. The standard InChI is InChI=1S/C26H32ClN7O4S/c1-30-16-26-17-32(39(37,38)22-13-18-12-19(27)5-6-20(18)29-22)14-23(35)33(26)15-25(34(26)24(30)36)7-10-31(11-8-25)21-4-2-3-9-28-21/h5-6,12-13,29H,2-4,7-11,14-17H2,1H3. The van der Waals surface area contributed by atoms with Gasteiger partial charge in [0, 0.05) is 55.6 Å². The summed E-state index contributed by atoms with van der Waals surface area (Å²) in [4.78, 5) is 42.7. The molecular formula is C26H32ClN7O4S. The molecule has 13 heteroatoms. The van der Waals surface area contributed by atoms with Gasteiger partial charge >= 0.3 is 6.03 Å². The molecule has 2 aromatic rings. The van der Waals surface area contributed by atoms with Crippen molar-refractivity contribution < 1.29 is 18.0 Å². The Hall–Kier alpha value is -2.83. The number of fused-ring (bicyclic) bond motifs is 2. The first-order valence-electron chi connectivity index (χ1n) is 13.6. The maximum absolute atomic E-state index is 13.9. The number of halogens is 1. The minimum absolute atomic E-state index is 0.0101. The van der Waals surface area contributed by atoms with Gasteiger partial charge in [-0.25, -0.2) is 13.2 Å². The zero-order chi connectivity index (χ0) is 27.2. The number of aliphatic imine (C=N–C) groups is 1. The molecule has 1 N–H and O–H groups in total. The average Bonchev–Trinajstić information content (AvgIpc) is 3.54. The number of H-pyrrole nitrogens is 1. The number of amidine groups is 1. The Labute approximate surface area is 232 Å². The van der Waals surface area contributed by atoms with Crippen LogP contribution >= 0.6 is 11.6 Å². The largest absolute Gasteiger partial charge is 0.360 e. The molecule has 11 nitrogen and oxygen atoms in total. The summed E-state index contributed by atoms with van der Waals surface area (Å²) in [5, 5.41) is 1.20. The lowest BCUT2D eigenvalue weighted by atomic mass is 9.86. The highest BCUT2D eigenvalue weighted by atomic mass is 35.5. The highest BCUT2D eigenvalue weighted by molar-refractivity contribution is 7.89. The van der Waals surface area contributed by atoms with E-state index < -0.39 is 21.2 Å². The normalized spacial score (nSPS) is 27.5. The number of likely N-dealkylation sites (N-methyl/N-ethyl adjacent to an activating group) is 1. The van der Waals surface area contributed by atoms with Crippen molar-refractivity contribution in [2.24, 2.45) is 4.99 Å². The zero-order valence-corrected chi connectivity index (χ0v) is 23.5. The van der Waals surface area contributed by atoms with Crippen LogP contribution in [0.4, 0.5) is 4.79 Å². The van der Waals surface area contributed by atoms with Crippen molar-refractivity contribution in [2.45, 2.75) is 48.3 Å². The molecule has 0 bridgehead atoms. The van der Waals surface area contributed by atoms with Gasteiger partial charge in [-0.2, -0.15) is 4.31 Å². The van der Waals surface area contributed by atoms with Gasteiger partial charge < -0.3 is 19.7 Å². The van der Waals surface area contributed by atoms with Gasteiger partial charge in [0.1, 0.15) is 5.03 Å². The van der Waals surface area contributed by atoms with E-state index in [1.165, 1.54) is 4.31 Å². The van der Waals surface area contributed by atoms with Gasteiger partial charge in [-0.3, -0.25) is 14.7 Å². The highest BCUT2D eigenvalue weighted by Crippen LogP contribution is 2.50. The Balaban J connectivity index is 1.21. The third kappa shape index (κ3) is 3.64. The third-order valence-electron chi connectivity index (χ3n) is 9.23. The number of aromatic amines is 1. The van der Waals surface area contributed by atoms with Crippen LogP contribution in [-0.4, -0.2) is 119 Å². The van der Waals surface area contributed by atoms with Gasteiger partial charge in [0.05, 0.1) is 31.0 Å². The molecular weight excluding hydrogens is 542 g/mol. The van der Waals surface area contributed by atoms with Gasteiger partial charge in [-0.05, 0) is 49.9 Å². The smallest absolute Gasteiger partial charge is 0.322 e. The van der Waals surface area contributed by atoms with E-state index in [0.717, 1.165) is 44.7 Å². The van der Waals surface area contributed by atoms with E-state index in [2.05, 4.69) is 9.88 Å². The molecule has 39 heavy (non-hydrogen) atoms. The second-order valence-electron chi connectivity index (χ2n) is 11.5. The predicted octanol–water partition coefficient (Wildman–Crippen LogP) is 2.15. The van der Waals surface area contributed by atoms with Gasteiger partial charge in [-0.1, -0.05) is 11.6 Å². The Morgan fingerprint density at radius 2 is 1.85 bits per heavy atom. The van der Waals surface area contributed by atoms with E-state index >= 15 is 0 Å². The molecule has 0 radical (unpaired) electrons. The molecule has 1 atom stereocenters. The minimum Gasteiger partial charge on any atom is -0.360 e. The molecule has 7 rings (SSSR count). The molecule has 1 aromatic carbocycles. The van der Waals surface area contributed by atoms with Crippen molar-refractivity contribution in [3.8, 4) is 0 Å². The number of urea groups is 1. The second-order valence-corrected chi connectivity index (χ2v) is 13.9. The van der Waals surface area contributed by atoms with Crippen LogP contribution in [0.3, 0.4) is 0 Å². The zero-order valence-electron chi connectivity index (χ0n) is 21.9. The molecule has 3 amide bonds. The van der Waals surface area contributed by atoms with Crippen molar-refractivity contribution in [2.75, 3.05) is 52.9 Å². The lowest BCUT2D eigenvalue weighted by molar-refractivity contribution is -0.143. The van der Waals surface area contributed by atoms with E-state index in [1.807, 2.05) is 4.90 Å². The summed E-state index contributed by atoms with van der Waals surface area (Å²) in [6, 6.07) is 6.53. The number of sulfonamides is 1. The molecule has 4 fully saturated rings. The number of amides is 3. The van der Waals surface area contributed by atoms with Crippen LogP contribution in [0.1, 0.15) is 32.1 Å². The topological polar surface area (TPSA) is 113 Å². The number of likely N-dealkylation sites (tertiary alicyclic amines) is 1. The quantitative estimate of drug-likeness (QED) is 0.591. The van der Waals surface area contributed by atoms with Crippen LogP contribution in [0, 0.1) is 0 Å². The fourth-order valence-corrected chi connectivity index (χ4v) is 8.99. The van der Waals surface area contributed by atoms with Gasteiger partial charge in [0.2, 0.25) is 5.91 Å². The number of aromatic nitrogens is 1. The maximum Gasteiger partial charge on any atom is 0.322 e. The van der Waals surface area contributed by atoms with Crippen LogP contribution in [0.5, 0.6) is 0 Å². The van der Waals surface area contributed by atoms with Crippen molar-refractivity contribution in [1.82, 2.24) is 28.9 Å². The molecule has 5 aliphatic heterocycles. The Morgan fingerprint density at radius 1 is 1.05 bits per heavy atom. The summed E-state index contributed by atoms with van der Waals surface area (Å²) < 4.78 is 29.0. The lowest BCUT2D eigenvalue weighted by Gasteiger charge is -2.48. The van der Waals surface area contributed by atoms with Gasteiger partial charge in [-0.15, -0.1) is 0 Å². The number of piperidine rings is 1. The number of nitrogens with zero attached hydrogens (tertiary/aromatic N) is 6. The molecule has 0 saturated carbocycles. The third-order valence-corrected chi connectivity index (χ3v) is 11.2. The van der Waals surface area contributed by atoms with Crippen LogP contribution in [0.15, 0.2) is 34.3 Å². The first-order valence-corrected chi connectivity index (χ1v) is 15.4. The SMILES string of the molecule is CN1CC23CN(S(=O)(=O)c4cc5cc(Cl)ccc5[nH]4)CC(=O)N2CC2(CCN(C4=NCCCC4)CC2)N3C1=O. The van der Waals surface area contributed by atoms with Crippen molar-refractivity contribution in [3.63, 3.8) is 0 Å². The van der Waals surface area contributed by atoms with E-state index in [-0.39, 0.29) is 36.6 Å². The van der Waals surface area contributed by atoms with E-state index in [4.69, 9.17) is 16.6 Å². The highest BCUT2D eigenvalue weighted by Gasteiger charge is 2.69. The fraction of sp³-hybridized carbons (Fsp3) is 0.577. The summed E-state index contributed by atoms with van der Waals surface area (Å²) in [6.07, 6.45) is 4.69. The number of piperazine rings is 1. The summed E-state index contributed by atoms with van der Waals surface area (Å²) in [6.45, 7) is 2.88. The lowest BCUT2D eigenvalue weighted by Crippen LogP contribution is -2.68. The van der Waals surface area contributed by atoms with Crippen LogP contribution in [-0.2, 0) is 14.8 Å². The van der Waals surface area contributed by atoms with Gasteiger partial charge in [0.25, 0.3) is 10.0 Å². The van der Waals surface area contributed by atoms with Crippen molar-refractivity contribution in [1.29, 1.82) is 0 Å².